The third-order valence-electron chi connectivity index (χ3n) is 10.6. The maximum Gasteiger partial charge on any atom is 0.191 e. The van der Waals surface area contributed by atoms with Gasteiger partial charge in [-0.25, -0.2) is 87.8 Å². The minimum absolute atomic E-state index is 0.0220. The highest BCUT2D eigenvalue weighted by molar-refractivity contribution is 7.23. The van der Waals surface area contributed by atoms with Crippen LogP contribution in [-0.2, 0) is 0 Å². The van der Waals surface area contributed by atoms with Crippen molar-refractivity contribution in [3.05, 3.63) is 165 Å². The van der Waals surface area contributed by atoms with Crippen LogP contribution in [0.3, 0.4) is 0 Å². The molecule has 63 heavy (non-hydrogen) atoms. The second-order valence-corrected chi connectivity index (χ2v) is 13.4. The van der Waals surface area contributed by atoms with E-state index in [1.165, 1.54) is 0 Å². The molecule has 0 unspecified atom stereocenters. The van der Waals surface area contributed by atoms with Gasteiger partial charge in [0.1, 0.15) is 29.4 Å². The van der Waals surface area contributed by atoms with Gasteiger partial charge >= 0.3 is 0 Å². The van der Waals surface area contributed by atoms with E-state index < -0.39 is 187 Å². The van der Waals surface area contributed by atoms with Gasteiger partial charge in [0, 0.05) is 0 Å². The molecule has 0 saturated carbocycles. The zero-order valence-electron chi connectivity index (χ0n) is 30.5. The van der Waals surface area contributed by atoms with Gasteiger partial charge in [-0.2, -0.15) is 0 Å². The number of rotatable bonds is 4. The summed E-state index contributed by atoms with van der Waals surface area (Å²) < 4.78 is 318. The number of halogens is 20. The van der Waals surface area contributed by atoms with Gasteiger partial charge in [0.15, 0.2) is 93.1 Å². The highest BCUT2D eigenvalue weighted by Crippen LogP contribution is 2.38. The molecule has 0 aliphatic rings. The van der Waals surface area contributed by atoms with Gasteiger partial charge in [-0.3, -0.25) is 0 Å². The molecular formula is C41H14BF20N. The first-order valence-corrected chi connectivity index (χ1v) is 17.3. The van der Waals surface area contributed by atoms with E-state index in [9.17, 15) is 17.6 Å². The third-order valence-corrected chi connectivity index (χ3v) is 10.6. The Morgan fingerprint density at radius 2 is 0.413 bits per heavy atom. The van der Waals surface area contributed by atoms with Gasteiger partial charge in [-0.1, -0.05) is 24.3 Å². The van der Waals surface area contributed by atoms with E-state index in [1.807, 2.05) is 0 Å². The summed E-state index contributed by atoms with van der Waals surface area (Å²) in [6.45, 7) is 0. The molecule has 0 fully saturated rings. The maximum atomic E-state index is 17.3. The van der Waals surface area contributed by atoms with Crippen molar-refractivity contribution in [2.24, 2.45) is 0 Å². The second-order valence-electron chi connectivity index (χ2n) is 13.4. The van der Waals surface area contributed by atoms with Crippen LogP contribution in [0, 0.1) is 116 Å². The van der Waals surface area contributed by atoms with Crippen LogP contribution in [-0.4, -0.2) is 13.2 Å². The van der Waals surface area contributed by atoms with Gasteiger partial charge in [-0.15, -0.1) is 21.9 Å². The molecule has 0 heterocycles. The van der Waals surface area contributed by atoms with Crippen LogP contribution in [0.1, 0.15) is 0 Å². The maximum absolute atomic E-state index is 17.3. The number of quaternary nitrogens is 1. The standard InChI is InChI=1S/C40H8BF20.CH5N/c42-13-5-1-9-17(25(13)46)29(50)37(58)33(54)21(9)41(22-10-2-6-14(43)26(47)18(10)30(51)38(59)34(22)55,23-11-3-7-15(44)27(48)19(11)31(52)39(60)35(23)56)24-12-4-8-16(45)28(49)20(12)32(53)40(61)36(24)57;1-2/h1-8H;2H2,1H3/q-1;/p+1. The molecule has 3 N–H and O–H groups in total. The normalized spacial score (nSPS) is 12.0. The molecule has 0 atom stereocenters. The summed E-state index contributed by atoms with van der Waals surface area (Å²) in [7, 11) is 1.75. The molecule has 0 aliphatic heterocycles. The van der Waals surface area contributed by atoms with Gasteiger partial charge in [0.2, 0.25) is 0 Å². The fourth-order valence-electron chi connectivity index (χ4n) is 8.29. The summed E-state index contributed by atoms with van der Waals surface area (Å²) in [5.74, 6) is -54.8. The zero-order valence-corrected chi connectivity index (χ0v) is 30.5. The second kappa shape index (κ2) is 15.3. The van der Waals surface area contributed by atoms with Gasteiger partial charge in [-0.05, 0) is 45.8 Å². The van der Waals surface area contributed by atoms with Crippen molar-refractivity contribution in [1.82, 2.24) is 0 Å². The lowest BCUT2D eigenvalue weighted by molar-refractivity contribution is -0.325. The minimum atomic E-state index is -6.29. The van der Waals surface area contributed by atoms with E-state index in [2.05, 4.69) is 5.73 Å². The Bertz CT molecular complexity index is 2890. The molecule has 0 saturated heterocycles. The lowest BCUT2D eigenvalue weighted by Crippen LogP contribution is -2.78. The van der Waals surface area contributed by atoms with Crippen molar-refractivity contribution >= 4 is 71.1 Å². The molecule has 0 amide bonds. The Hall–Kier alpha value is -6.58. The average Bonchev–Trinajstić information content (AvgIpc) is 3.25. The first-order chi connectivity index (χ1) is 29.6. The van der Waals surface area contributed by atoms with E-state index in [-0.39, 0.29) is 48.5 Å². The van der Waals surface area contributed by atoms with Crippen LogP contribution in [0.15, 0.2) is 48.5 Å². The van der Waals surface area contributed by atoms with Crippen molar-refractivity contribution < 1.29 is 93.5 Å². The predicted molar refractivity (Wildman–Crippen MR) is 188 cm³/mol. The molecule has 8 aromatic rings. The van der Waals surface area contributed by atoms with Crippen molar-refractivity contribution in [2.45, 2.75) is 0 Å². The number of benzene rings is 8. The fraction of sp³-hybridized carbons (Fsp3) is 0.0244. The summed E-state index contributed by atoms with van der Waals surface area (Å²) in [5.41, 5.74) is -6.49. The Morgan fingerprint density at radius 1 is 0.238 bits per heavy atom. The highest BCUT2D eigenvalue weighted by atomic mass is 19.2. The van der Waals surface area contributed by atoms with Gasteiger partial charge in [0.25, 0.3) is 0 Å². The van der Waals surface area contributed by atoms with Crippen LogP contribution < -0.4 is 27.6 Å². The molecule has 1 nitrogen and oxygen atoms in total. The fourth-order valence-corrected chi connectivity index (χ4v) is 8.29. The lowest BCUT2D eigenvalue weighted by Gasteiger charge is -2.47. The molecule has 326 valence electrons. The quantitative estimate of drug-likeness (QED) is 0.104. The van der Waals surface area contributed by atoms with Crippen LogP contribution in [0.25, 0.3) is 43.1 Å². The van der Waals surface area contributed by atoms with Crippen LogP contribution in [0.4, 0.5) is 87.8 Å². The monoisotopic (exact) mass is 911 g/mol. The summed E-state index contributed by atoms with van der Waals surface area (Å²) in [6, 6.07) is -0.488. The molecule has 0 aromatic heterocycles. The molecule has 8 rings (SSSR count). The minimum Gasteiger partial charge on any atom is -0.360 e. The summed E-state index contributed by atoms with van der Waals surface area (Å²) in [5, 5.41) is -16.2. The van der Waals surface area contributed by atoms with Crippen molar-refractivity contribution in [2.75, 3.05) is 7.05 Å². The van der Waals surface area contributed by atoms with Gasteiger partial charge < -0.3 is 5.73 Å². The van der Waals surface area contributed by atoms with Crippen molar-refractivity contribution in [3.63, 3.8) is 0 Å². The Morgan fingerprint density at radius 3 is 0.587 bits per heavy atom. The first-order valence-electron chi connectivity index (χ1n) is 17.3. The first kappa shape index (κ1) is 44.5. The summed E-state index contributed by atoms with van der Waals surface area (Å²) >= 11 is 0. The number of hydrogen-bond acceptors (Lipinski definition) is 0. The van der Waals surface area contributed by atoms with Crippen LogP contribution >= 0.6 is 0 Å². The van der Waals surface area contributed by atoms with E-state index in [4.69, 9.17) is 0 Å². The molecule has 0 aliphatic carbocycles. The number of hydrogen-bond donors (Lipinski definition) is 1. The number of fused-ring (bicyclic) bond motifs is 4. The Balaban J connectivity index is 0.00000293. The average molecular weight is 911 g/mol. The molecular weight excluding hydrogens is 897 g/mol. The topological polar surface area (TPSA) is 27.6 Å². The van der Waals surface area contributed by atoms with Crippen LogP contribution in [0.5, 0.6) is 0 Å². The zero-order chi connectivity index (χ0) is 46.6. The van der Waals surface area contributed by atoms with Crippen molar-refractivity contribution in [3.8, 4) is 0 Å². The van der Waals surface area contributed by atoms with E-state index in [0.29, 0.717) is 0 Å². The van der Waals surface area contributed by atoms with Crippen molar-refractivity contribution in [1.29, 1.82) is 0 Å². The van der Waals surface area contributed by atoms with E-state index >= 15 is 70.2 Å². The van der Waals surface area contributed by atoms with Crippen LogP contribution in [0.2, 0.25) is 0 Å². The Labute approximate surface area is 336 Å². The molecule has 8 aromatic carbocycles. The molecule has 22 heteroatoms. The molecule has 0 bridgehead atoms. The summed E-state index contributed by atoms with van der Waals surface area (Å²) in [4.78, 5) is 0. The third kappa shape index (κ3) is 5.78. The SMILES string of the molecule is C[NH3+].Fc1ccc2c([B-](c3c(F)c(F)c(F)c4c(F)c(F)ccc34)(c3c(F)c(F)c(F)c4c(F)c(F)ccc34)c3c(F)c(F)c(F)c4c(F)c(F)ccc34)c(F)c(F)c(F)c2c1F. The smallest absolute Gasteiger partial charge is 0.191 e. The molecule has 0 radical (unpaired) electrons. The predicted octanol–water partition coefficient (Wildman–Crippen LogP) is 9.32. The van der Waals surface area contributed by atoms with E-state index in [1.54, 1.807) is 7.05 Å². The Kier molecular flexibility index (Phi) is 10.8. The summed E-state index contributed by atoms with van der Waals surface area (Å²) in [6.07, 6.45) is -6.29. The van der Waals surface area contributed by atoms with Gasteiger partial charge in [0.05, 0.1) is 28.6 Å². The van der Waals surface area contributed by atoms with E-state index in [0.717, 1.165) is 0 Å². The lowest BCUT2D eigenvalue weighted by atomic mass is 9.11. The largest absolute Gasteiger partial charge is 0.360 e. The molecule has 0 spiro atoms. The highest BCUT2D eigenvalue weighted by Gasteiger charge is 2.49.